The topological polar surface area (TPSA) is 68.8 Å². The fraction of sp³-hybridized carbons (Fsp3) is 0. The Morgan fingerprint density at radius 1 is 1.60 bits per heavy atom. The van der Waals surface area contributed by atoms with Gasteiger partial charge in [0.15, 0.2) is 0 Å². The first-order valence-electron chi connectivity index (χ1n) is 0.428. The second kappa shape index (κ2) is 24.3. The summed E-state index contributed by atoms with van der Waals surface area (Å²) in [7, 11) is -1.17. The van der Waals surface area contributed by atoms with Gasteiger partial charge in [0, 0.05) is 16.5 Å². The minimum Gasteiger partial charge on any atom is -0.412 e. The van der Waals surface area contributed by atoms with Crippen LogP contribution in [0.4, 0.5) is 0 Å². The number of rotatable bonds is 0. The summed E-state index contributed by atoms with van der Waals surface area (Å²) < 4.78 is 8.51. The number of hydrogen-bond acceptors (Lipinski definition) is 1. The fourth-order valence-corrected chi connectivity index (χ4v) is 0. The van der Waals surface area contributed by atoms with E-state index in [4.69, 9.17) is 9.46 Å². The van der Waals surface area contributed by atoms with Crippen molar-refractivity contribution in [1.29, 1.82) is 0 Å². The van der Waals surface area contributed by atoms with E-state index in [0.717, 1.165) is 0 Å². The molecule has 1 unspecified atom stereocenters. The van der Waals surface area contributed by atoms with E-state index in [0.29, 0.717) is 0 Å². The van der Waals surface area contributed by atoms with Gasteiger partial charge < -0.3 is 5.48 Å². The molecular weight excluding hydrogens is 138 g/mol. The molecule has 0 fully saturated rings. The smallest absolute Gasteiger partial charge is 0.412 e. The molecule has 0 aliphatic heterocycles. The molecule has 1 atom stereocenters. The first kappa shape index (κ1) is 17.8. The molecule has 0 saturated carbocycles. The third kappa shape index (κ3) is 108. The van der Waals surface area contributed by atoms with Crippen molar-refractivity contribution in [3.63, 3.8) is 0 Å². The standard InChI is InChI=1S/Ni.HO2P.H2O/c;1-3-2;/h;3H;1H2/p+1. The third-order valence-electron chi connectivity index (χ3n) is 0. The Balaban J connectivity index is -0.0000000200. The molecule has 0 aromatic carbocycles. The molecule has 0 bridgehead atoms. The molecule has 0 rings (SSSR count). The minimum absolute atomic E-state index is 0. The van der Waals surface area contributed by atoms with E-state index in [1.807, 2.05) is 0 Å². The third-order valence-corrected chi connectivity index (χ3v) is 0. The van der Waals surface area contributed by atoms with E-state index in [9.17, 15) is 0 Å². The average molecular weight is 142 g/mol. The minimum atomic E-state index is -1.17. The molecule has 0 saturated heterocycles. The molecule has 36 valence electrons. The van der Waals surface area contributed by atoms with Gasteiger partial charge in [0.1, 0.15) is 0 Å². The summed E-state index contributed by atoms with van der Waals surface area (Å²) in [6, 6.07) is 0. The molecule has 3 nitrogen and oxygen atoms in total. The molecular formula is H4NiO3P+. The van der Waals surface area contributed by atoms with Gasteiger partial charge in [-0.1, -0.05) is 0 Å². The van der Waals surface area contributed by atoms with Gasteiger partial charge in [-0.3, -0.25) is 0 Å². The van der Waals surface area contributed by atoms with Crippen molar-refractivity contribution in [3.05, 3.63) is 0 Å². The van der Waals surface area contributed by atoms with Gasteiger partial charge in [-0.05, 0) is 4.57 Å². The van der Waals surface area contributed by atoms with Crippen LogP contribution in [0.3, 0.4) is 0 Å². The van der Waals surface area contributed by atoms with Gasteiger partial charge in [-0.25, -0.2) is 0 Å². The van der Waals surface area contributed by atoms with Gasteiger partial charge in [-0.15, -0.1) is 0 Å². The van der Waals surface area contributed by atoms with Crippen LogP contribution in [0.2, 0.25) is 0 Å². The summed E-state index contributed by atoms with van der Waals surface area (Å²) in [6.45, 7) is 0. The molecule has 3 N–H and O–H groups in total. The van der Waals surface area contributed by atoms with E-state index in [1.165, 1.54) is 0 Å². The second-order valence-electron chi connectivity index (χ2n) is 0.0913. The van der Waals surface area contributed by atoms with Gasteiger partial charge in [-0.2, -0.15) is 4.89 Å². The molecule has 0 heterocycles. The van der Waals surface area contributed by atoms with Crippen LogP contribution >= 0.6 is 8.69 Å². The molecule has 0 aromatic rings. The summed E-state index contributed by atoms with van der Waals surface area (Å²) in [5.74, 6) is 0. The molecule has 0 aliphatic carbocycles. The van der Waals surface area contributed by atoms with Crippen molar-refractivity contribution in [3.8, 4) is 0 Å². The van der Waals surface area contributed by atoms with Gasteiger partial charge in [0.05, 0.1) is 0 Å². The van der Waals surface area contributed by atoms with Crippen LogP contribution in [0.5, 0.6) is 0 Å². The Kier molecular flexibility index (Phi) is 86.5. The molecule has 0 aromatic heterocycles. The molecule has 5 heavy (non-hydrogen) atoms. The maximum Gasteiger partial charge on any atom is 0.491 e. The Morgan fingerprint density at radius 2 is 1.60 bits per heavy atom. The quantitative estimate of drug-likeness (QED) is 0.351. The van der Waals surface area contributed by atoms with E-state index >= 15 is 0 Å². The van der Waals surface area contributed by atoms with Crippen LogP contribution in [0.15, 0.2) is 0 Å². The van der Waals surface area contributed by atoms with Crippen molar-refractivity contribution in [1.82, 2.24) is 0 Å². The van der Waals surface area contributed by atoms with Crippen LogP contribution in [-0.2, 0) is 21.1 Å². The average Bonchev–Trinajstić information content (AvgIpc) is 0.918. The van der Waals surface area contributed by atoms with Crippen molar-refractivity contribution in [2.75, 3.05) is 0 Å². The van der Waals surface area contributed by atoms with Gasteiger partial charge in [0.25, 0.3) is 0 Å². The maximum absolute atomic E-state index is 8.51. The van der Waals surface area contributed by atoms with Crippen LogP contribution < -0.4 is 0 Å². The van der Waals surface area contributed by atoms with Crippen molar-refractivity contribution < 1.29 is 31.4 Å². The van der Waals surface area contributed by atoms with Gasteiger partial charge >= 0.3 is 8.69 Å². The Morgan fingerprint density at radius 3 is 1.60 bits per heavy atom. The largest absolute Gasteiger partial charge is 0.491 e. The monoisotopic (exact) mass is 141 g/mol. The van der Waals surface area contributed by atoms with E-state index in [-0.39, 0.29) is 22.0 Å². The molecule has 5 heteroatoms. The Labute approximate surface area is 40.9 Å². The second-order valence-corrected chi connectivity index (χ2v) is 0.274. The van der Waals surface area contributed by atoms with Crippen LogP contribution in [0.25, 0.3) is 0 Å². The van der Waals surface area contributed by atoms with E-state index in [1.54, 1.807) is 0 Å². The molecule has 0 radical (unpaired) electrons. The van der Waals surface area contributed by atoms with Crippen LogP contribution in [0.1, 0.15) is 0 Å². The van der Waals surface area contributed by atoms with E-state index < -0.39 is 8.69 Å². The number of hydrogen-bond donors (Lipinski definition) is 1. The summed E-state index contributed by atoms with van der Waals surface area (Å²) in [6.07, 6.45) is 0. The summed E-state index contributed by atoms with van der Waals surface area (Å²) in [4.78, 5) is 7.04. The fourth-order valence-electron chi connectivity index (χ4n) is 0. The Bertz CT molecular complexity index is 14.4. The molecule has 0 amide bonds. The Hall–Kier alpha value is 0.514. The van der Waals surface area contributed by atoms with Crippen molar-refractivity contribution in [2.24, 2.45) is 0 Å². The predicted molar refractivity (Wildman–Crippen MR) is 14.8 cm³/mol. The van der Waals surface area contributed by atoms with Crippen LogP contribution in [-0.4, -0.2) is 10.4 Å². The SMILES string of the molecule is O.O=[PH+]O.[Ni]. The zero-order valence-corrected chi connectivity index (χ0v) is 4.16. The van der Waals surface area contributed by atoms with Gasteiger partial charge in [0.2, 0.25) is 0 Å². The van der Waals surface area contributed by atoms with Crippen molar-refractivity contribution in [2.45, 2.75) is 0 Å². The zero-order valence-electron chi connectivity index (χ0n) is 2.17. The van der Waals surface area contributed by atoms with E-state index in [2.05, 4.69) is 0 Å². The molecule has 0 spiro atoms. The predicted octanol–water partition coefficient (Wildman–Crippen LogP) is -0.909. The van der Waals surface area contributed by atoms with Crippen LogP contribution in [0, 0.1) is 0 Å². The first-order chi connectivity index (χ1) is 1.41. The maximum atomic E-state index is 8.51. The first-order valence-corrected chi connectivity index (χ1v) is 1.28. The van der Waals surface area contributed by atoms with Crippen molar-refractivity contribution >= 4 is 8.69 Å². The zero-order chi connectivity index (χ0) is 2.71. The summed E-state index contributed by atoms with van der Waals surface area (Å²) >= 11 is 0. The molecule has 0 aliphatic rings. The summed E-state index contributed by atoms with van der Waals surface area (Å²) in [5, 5.41) is 0. The summed E-state index contributed by atoms with van der Waals surface area (Å²) in [5.41, 5.74) is 0. The normalized spacial score (nSPS) is 4.20.